The molecule has 0 heterocycles. The monoisotopic (exact) mass is 526 g/mol. The number of hydrogen-bond acceptors (Lipinski definition) is 2. The van der Waals surface area contributed by atoms with Gasteiger partial charge in [0.05, 0.1) is 6.54 Å². The van der Waals surface area contributed by atoms with Gasteiger partial charge >= 0.3 is 0 Å². The topological polar surface area (TPSA) is 65.5 Å². The fraction of sp³-hybridized carbons (Fsp3) is 0.391. The Balaban J connectivity index is 0.00000450. The van der Waals surface area contributed by atoms with Crippen LogP contribution in [0.15, 0.2) is 53.5 Å². The highest BCUT2D eigenvalue weighted by molar-refractivity contribution is 14.0. The number of aliphatic imine (C=N–C) groups is 1. The highest BCUT2D eigenvalue weighted by atomic mass is 127. The minimum Gasteiger partial charge on any atom is -0.357 e. The Bertz CT molecular complexity index is 811. The standard InChI is InChI=1S/C23H31FN4O.HI/c1-4-17(3)28-22(29)20-12-10-18(11-13-20)16-27-23(25-5-2)26-15-14-19-8-6-7-9-21(19)24;/h6-13,17H,4-5,14-16H2,1-3H3,(H,28,29)(H2,25,26,27);1H. The van der Waals surface area contributed by atoms with Crippen molar-refractivity contribution < 1.29 is 9.18 Å². The molecule has 1 atom stereocenters. The summed E-state index contributed by atoms with van der Waals surface area (Å²) in [5.41, 5.74) is 2.34. The SMILES string of the molecule is CCNC(=NCc1ccc(C(=O)NC(C)CC)cc1)NCCc1ccccc1F.I. The highest BCUT2D eigenvalue weighted by Crippen LogP contribution is 2.08. The van der Waals surface area contributed by atoms with Crippen molar-refractivity contribution in [3.05, 3.63) is 71.0 Å². The molecule has 3 N–H and O–H groups in total. The van der Waals surface area contributed by atoms with Gasteiger partial charge in [-0.1, -0.05) is 37.3 Å². The molecular weight excluding hydrogens is 494 g/mol. The lowest BCUT2D eigenvalue weighted by atomic mass is 10.1. The van der Waals surface area contributed by atoms with E-state index < -0.39 is 0 Å². The maximum Gasteiger partial charge on any atom is 0.251 e. The maximum absolute atomic E-state index is 13.7. The minimum absolute atomic E-state index is 0. The fourth-order valence-corrected chi connectivity index (χ4v) is 2.70. The molecular formula is C23H32FIN4O. The van der Waals surface area contributed by atoms with Crippen LogP contribution in [0.5, 0.6) is 0 Å². The van der Waals surface area contributed by atoms with Crippen molar-refractivity contribution in [3.63, 3.8) is 0 Å². The van der Waals surface area contributed by atoms with Crippen LogP contribution in [0.4, 0.5) is 4.39 Å². The van der Waals surface area contributed by atoms with E-state index in [0.717, 1.165) is 18.5 Å². The summed E-state index contributed by atoms with van der Waals surface area (Å²) in [6.07, 6.45) is 1.48. The predicted molar refractivity (Wildman–Crippen MR) is 132 cm³/mol. The average molecular weight is 526 g/mol. The molecule has 30 heavy (non-hydrogen) atoms. The largest absolute Gasteiger partial charge is 0.357 e. The number of carbonyl (C=O) groups is 1. The normalized spacial score (nSPS) is 11.9. The Hall–Kier alpha value is -2.16. The summed E-state index contributed by atoms with van der Waals surface area (Å²) in [5.74, 6) is 0.439. The van der Waals surface area contributed by atoms with E-state index in [1.165, 1.54) is 6.07 Å². The van der Waals surface area contributed by atoms with Crippen molar-refractivity contribution in [3.8, 4) is 0 Å². The van der Waals surface area contributed by atoms with E-state index in [0.29, 0.717) is 36.6 Å². The van der Waals surface area contributed by atoms with E-state index in [-0.39, 0.29) is 41.7 Å². The van der Waals surface area contributed by atoms with E-state index in [9.17, 15) is 9.18 Å². The summed E-state index contributed by atoms with van der Waals surface area (Å²) in [5, 5.41) is 9.38. The van der Waals surface area contributed by atoms with E-state index in [1.54, 1.807) is 12.1 Å². The van der Waals surface area contributed by atoms with Gasteiger partial charge in [-0.25, -0.2) is 9.38 Å². The molecule has 1 unspecified atom stereocenters. The molecule has 0 saturated carbocycles. The van der Waals surface area contributed by atoms with Crippen LogP contribution < -0.4 is 16.0 Å². The van der Waals surface area contributed by atoms with Crippen LogP contribution in [0, 0.1) is 5.82 Å². The van der Waals surface area contributed by atoms with Gasteiger partial charge in [-0.2, -0.15) is 0 Å². The van der Waals surface area contributed by atoms with E-state index in [1.807, 2.05) is 51.1 Å². The predicted octanol–water partition coefficient (Wildman–Crippen LogP) is 4.27. The minimum atomic E-state index is -0.186. The molecule has 164 valence electrons. The van der Waals surface area contributed by atoms with Crippen LogP contribution in [0.2, 0.25) is 0 Å². The van der Waals surface area contributed by atoms with Crippen LogP contribution >= 0.6 is 24.0 Å². The van der Waals surface area contributed by atoms with Gasteiger partial charge in [-0.15, -0.1) is 24.0 Å². The first kappa shape index (κ1) is 25.9. The molecule has 0 aliphatic carbocycles. The second-order valence-corrected chi connectivity index (χ2v) is 6.94. The van der Waals surface area contributed by atoms with Gasteiger partial charge in [-0.05, 0) is 56.0 Å². The zero-order valence-electron chi connectivity index (χ0n) is 17.9. The van der Waals surface area contributed by atoms with Crippen LogP contribution in [-0.4, -0.2) is 31.0 Å². The lowest BCUT2D eigenvalue weighted by Crippen LogP contribution is -2.38. The van der Waals surface area contributed by atoms with Crippen LogP contribution in [0.1, 0.15) is 48.7 Å². The lowest BCUT2D eigenvalue weighted by molar-refractivity contribution is 0.0939. The third-order valence-corrected chi connectivity index (χ3v) is 4.61. The number of guanidine groups is 1. The van der Waals surface area contributed by atoms with E-state index in [4.69, 9.17) is 0 Å². The van der Waals surface area contributed by atoms with Gasteiger partial charge < -0.3 is 16.0 Å². The third kappa shape index (κ3) is 8.69. The zero-order valence-corrected chi connectivity index (χ0v) is 20.2. The number of carbonyl (C=O) groups excluding carboxylic acids is 1. The van der Waals surface area contributed by atoms with E-state index in [2.05, 4.69) is 20.9 Å². The summed E-state index contributed by atoms with van der Waals surface area (Å²) in [7, 11) is 0. The van der Waals surface area contributed by atoms with Crippen molar-refractivity contribution in [2.75, 3.05) is 13.1 Å². The number of halogens is 2. The number of rotatable bonds is 9. The molecule has 0 aliphatic rings. The van der Waals surface area contributed by atoms with Crippen LogP contribution in [-0.2, 0) is 13.0 Å². The quantitative estimate of drug-likeness (QED) is 0.260. The molecule has 0 aromatic heterocycles. The molecule has 0 saturated heterocycles. The summed E-state index contributed by atoms with van der Waals surface area (Å²) in [6.45, 7) is 7.84. The Morgan fingerprint density at radius 1 is 1.07 bits per heavy atom. The van der Waals surface area contributed by atoms with Crippen molar-refractivity contribution in [1.29, 1.82) is 0 Å². The average Bonchev–Trinajstić information content (AvgIpc) is 2.73. The zero-order chi connectivity index (χ0) is 21.1. The molecule has 0 bridgehead atoms. The molecule has 7 heteroatoms. The molecule has 5 nitrogen and oxygen atoms in total. The van der Waals surface area contributed by atoms with Gasteiger partial charge in [0.25, 0.3) is 5.91 Å². The Morgan fingerprint density at radius 3 is 2.40 bits per heavy atom. The second-order valence-electron chi connectivity index (χ2n) is 6.94. The van der Waals surface area contributed by atoms with Crippen LogP contribution in [0.25, 0.3) is 0 Å². The summed E-state index contributed by atoms with van der Waals surface area (Å²) < 4.78 is 13.7. The Kier molecular flexibility index (Phi) is 12.0. The first-order chi connectivity index (χ1) is 14.0. The molecule has 0 radical (unpaired) electrons. The van der Waals surface area contributed by atoms with Gasteiger partial charge in [0, 0.05) is 24.7 Å². The number of nitrogens with one attached hydrogen (secondary N) is 3. The van der Waals surface area contributed by atoms with Crippen molar-refractivity contribution in [2.45, 2.75) is 46.2 Å². The second kappa shape index (κ2) is 14.0. The molecule has 2 aromatic rings. The van der Waals surface area contributed by atoms with Gasteiger partial charge in [0.15, 0.2) is 5.96 Å². The number of amides is 1. The first-order valence-electron chi connectivity index (χ1n) is 10.2. The highest BCUT2D eigenvalue weighted by Gasteiger charge is 2.08. The number of nitrogens with zero attached hydrogens (tertiary/aromatic N) is 1. The molecule has 0 aliphatic heterocycles. The van der Waals surface area contributed by atoms with Gasteiger partial charge in [0.2, 0.25) is 0 Å². The van der Waals surface area contributed by atoms with Crippen molar-refractivity contribution in [2.24, 2.45) is 4.99 Å². The van der Waals surface area contributed by atoms with Gasteiger partial charge in [-0.3, -0.25) is 4.79 Å². The lowest BCUT2D eigenvalue weighted by Gasteiger charge is -2.12. The fourth-order valence-electron chi connectivity index (χ4n) is 2.70. The van der Waals surface area contributed by atoms with Crippen molar-refractivity contribution in [1.82, 2.24) is 16.0 Å². The van der Waals surface area contributed by atoms with E-state index >= 15 is 0 Å². The molecule has 0 fully saturated rings. The molecule has 2 aromatic carbocycles. The third-order valence-electron chi connectivity index (χ3n) is 4.61. The molecule has 2 rings (SSSR count). The summed E-state index contributed by atoms with van der Waals surface area (Å²) in [4.78, 5) is 16.7. The summed E-state index contributed by atoms with van der Waals surface area (Å²) >= 11 is 0. The molecule has 1 amide bonds. The number of benzene rings is 2. The Labute approximate surface area is 196 Å². The van der Waals surface area contributed by atoms with Crippen LogP contribution in [0.3, 0.4) is 0 Å². The first-order valence-corrected chi connectivity index (χ1v) is 10.2. The van der Waals surface area contributed by atoms with Crippen molar-refractivity contribution >= 4 is 35.8 Å². The maximum atomic E-state index is 13.7. The smallest absolute Gasteiger partial charge is 0.251 e. The summed E-state index contributed by atoms with van der Waals surface area (Å²) in [6, 6.07) is 14.4. The molecule has 0 spiro atoms. The van der Waals surface area contributed by atoms with Gasteiger partial charge in [0.1, 0.15) is 5.82 Å². The number of hydrogen-bond donors (Lipinski definition) is 3. The Morgan fingerprint density at radius 2 is 1.77 bits per heavy atom.